The Kier molecular flexibility index (Phi) is 2.44. The highest BCUT2D eigenvalue weighted by Crippen LogP contribution is 2.15. The zero-order chi connectivity index (χ0) is 11.7. The summed E-state index contributed by atoms with van der Waals surface area (Å²) in [6, 6.07) is 11.7. The molecule has 2 aromatic rings. The van der Waals surface area contributed by atoms with Gasteiger partial charge in [0.2, 0.25) is 0 Å². The summed E-state index contributed by atoms with van der Waals surface area (Å²) in [4.78, 5) is 13.8. The van der Waals surface area contributed by atoms with Crippen LogP contribution >= 0.6 is 0 Å². The van der Waals surface area contributed by atoms with Gasteiger partial charge < -0.3 is 9.47 Å². The maximum atomic E-state index is 11.9. The molecule has 0 atom stereocenters. The lowest BCUT2D eigenvalue weighted by molar-refractivity contribution is 0.0652. The molecule has 0 N–H and O–H groups in total. The van der Waals surface area contributed by atoms with Crippen LogP contribution in [0.4, 0.5) is 0 Å². The maximum absolute atomic E-state index is 11.9. The van der Waals surface area contributed by atoms with Gasteiger partial charge in [0.05, 0.1) is 0 Å². The van der Waals surface area contributed by atoms with Crippen LogP contribution in [0.1, 0.15) is 16.8 Å². The quantitative estimate of drug-likeness (QED) is 0.771. The fourth-order valence-electron chi connectivity index (χ4n) is 1.98. The first-order valence-corrected chi connectivity index (χ1v) is 5.87. The van der Waals surface area contributed by atoms with E-state index in [-0.39, 0.29) is 5.91 Å². The van der Waals surface area contributed by atoms with Crippen molar-refractivity contribution in [3.63, 3.8) is 0 Å². The summed E-state index contributed by atoms with van der Waals surface area (Å²) in [7, 11) is 0. The third kappa shape index (κ3) is 1.84. The molecular formula is C14H14N2O. The number of rotatable bonds is 2. The molecule has 2 heterocycles. The summed E-state index contributed by atoms with van der Waals surface area (Å²) in [5, 5.41) is 0. The first-order chi connectivity index (χ1) is 8.34. The summed E-state index contributed by atoms with van der Waals surface area (Å²) in [5.74, 6) is 0.148. The van der Waals surface area contributed by atoms with E-state index in [1.54, 1.807) is 0 Å². The number of nitrogens with zero attached hydrogens (tertiary/aromatic N) is 2. The van der Waals surface area contributed by atoms with Crippen molar-refractivity contribution in [2.75, 3.05) is 13.1 Å². The van der Waals surface area contributed by atoms with E-state index in [4.69, 9.17) is 0 Å². The van der Waals surface area contributed by atoms with Gasteiger partial charge in [0.25, 0.3) is 5.91 Å². The highest BCUT2D eigenvalue weighted by molar-refractivity contribution is 5.94. The van der Waals surface area contributed by atoms with Crippen LogP contribution in [0.25, 0.3) is 5.69 Å². The molecule has 3 heteroatoms. The molecule has 0 bridgehead atoms. The van der Waals surface area contributed by atoms with Crippen LogP contribution in [0.15, 0.2) is 48.8 Å². The van der Waals surface area contributed by atoms with Crippen LogP contribution in [0.5, 0.6) is 0 Å². The lowest BCUT2D eigenvalue weighted by Gasteiger charge is -2.30. The molecule has 17 heavy (non-hydrogen) atoms. The van der Waals surface area contributed by atoms with Crippen molar-refractivity contribution in [2.24, 2.45) is 0 Å². The van der Waals surface area contributed by atoms with Crippen LogP contribution in [0, 0.1) is 0 Å². The van der Waals surface area contributed by atoms with Crippen LogP contribution < -0.4 is 0 Å². The van der Waals surface area contributed by atoms with Gasteiger partial charge in [-0.25, -0.2) is 0 Å². The number of aromatic nitrogens is 1. The van der Waals surface area contributed by atoms with Crippen LogP contribution in [0.2, 0.25) is 0 Å². The second kappa shape index (κ2) is 4.09. The van der Waals surface area contributed by atoms with Gasteiger partial charge in [0.1, 0.15) is 0 Å². The van der Waals surface area contributed by atoms with Crippen molar-refractivity contribution in [3.05, 3.63) is 54.4 Å². The molecular weight excluding hydrogens is 212 g/mol. The summed E-state index contributed by atoms with van der Waals surface area (Å²) < 4.78 is 2.03. The van der Waals surface area contributed by atoms with Gasteiger partial charge in [-0.2, -0.15) is 0 Å². The number of amides is 1. The second-order valence-corrected chi connectivity index (χ2v) is 4.28. The van der Waals surface area contributed by atoms with E-state index in [9.17, 15) is 4.79 Å². The number of carbonyl (C=O) groups excluding carboxylic acids is 1. The molecule has 1 fully saturated rings. The van der Waals surface area contributed by atoms with Crippen molar-refractivity contribution < 1.29 is 4.79 Å². The van der Waals surface area contributed by atoms with Gasteiger partial charge in [-0.05, 0) is 42.8 Å². The zero-order valence-corrected chi connectivity index (χ0v) is 9.54. The Hall–Kier alpha value is -2.03. The van der Waals surface area contributed by atoms with E-state index in [1.807, 2.05) is 58.3 Å². The molecule has 1 saturated heterocycles. The number of likely N-dealkylation sites (tertiary alicyclic amines) is 1. The van der Waals surface area contributed by atoms with Gasteiger partial charge in [0.15, 0.2) is 0 Å². The van der Waals surface area contributed by atoms with E-state index in [0.29, 0.717) is 0 Å². The third-order valence-corrected chi connectivity index (χ3v) is 3.16. The molecule has 86 valence electrons. The minimum absolute atomic E-state index is 0.148. The Labute approximate surface area is 100 Å². The molecule has 0 spiro atoms. The van der Waals surface area contributed by atoms with Crippen molar-refractivity contribution in [1.82, 2.24) is 9.47 Å². The Bertz CT molecular complexity index is 510. The second-order valence-electron chi connectivity index (χ2n) is 4.28. The predicted octanol–water partition coefficient (Wildman–Crippen LogP) is 2.32. The van der Waals surface area contributed by atoms with Gasteiger partial charge in [-0.1, -0.05) is 0 Å². The van der Waals surface area contributed by atoms with E-state index < -0.39 is 0 Å². The Morgan fingerprint density at radius 1 is 1.00 bits per heavy atom. The minimum Gasteiger partial charge on any atom is -0.339 e. The lowest BCUT2D eigenvalue weighted by Crippen LogP contribution is -2.41. The number of benzene rings is 1. The smallest absolute Gasteiger partial charge is 0.253 e. The van der Waals surface area contributed by atoms with E-state index >= 15 is 0 Å². The first kappa shape index (κ1) is 10.1. The molecule has 1 aliphatic rings. The average Bonchev–Trinajstić information content (AvgIpc) is 2.80. The molecule has 3 rings (SSSR count). The molecule has 0 radical (unpaired) electrons. The molecule has 0 aliphatic carbocycles. The molecule has 1 amide bonds. The van der Waals surface area contributed by atoms with Crippen LogP contribution in [-0.2, 0) is 0 Å². The molecule has 0 saturated carbocycles. The number of hydrogen-bond donors (Lipinski definition) is 0. The first-order valence-electron chi connectivity index (χ1n) is 5.87. The standard InChI is InChI=1S/C14H14N2O/c17-14(16-10-3-11-16)12-4-6-13(7-5-12)15-8-1-2-9-15/h1-2,4-9H,3,10-11H2. The van der Waals surface area contributed by atoms with Crippen LogP contribution in [-0.4, -0.2) is 28.5 Å². The Morgan fingerprint density at radius 3 is 2.18 bits per heavy atom. The normalized spacial score (nSPS) is 14.5. The van der Waals surface area contributed by atoms with E-state index in [2.05, 4.69) is 0 Å². The van der Waals surface area contributed by atoms with Crippen LogP contribution in [0.3, 0.4) is 0 Å². The topological polar surface area (TPSA) is 25.2 Å². The average molecular weight is 226 g/mol. The van der Waals surface area contributed by atoms with Gasteiger partial charge in [-0.3, -0.25) is 4.79 Å². The molecule has 1 aromatic heterocycles. The molecule has 1 aliphatic heterocycles. The third-order valence-electron chi connectivity index (χ3n) is 3.16. The van der Waals surface area contributed by atoms with Gasteiger partial charge in [-0.15, -0.1) is 0 Å². The van der Waals surface area contributed by atoms with E-state index in [1.165, 1.54) is 0 Å². The number of hydrogen-bond acceptors (Lipinski definition) is 1. The molecule has 1 aromatic carbocycles. The largest absolute Gasteiger partial charge is 0.339 e. The van der Waals surface area contributed by atoms with Crippen molar-refractivity contribution >= 4 is 5.91 Å². The molecule has 3 nitrogen and oxygen atoms in total. The van der Waals surface area contributed by atoms with Crippen molar-refractivity contribution in [2.45, 2.75) is 6.42 Å². The molecule has 0 unspecified atom stereocenters. The highest BCUT2D eigenvalue weighted by Gasteiger charge is 2.21. The van der Waals surface area contributed by atoms with Crippen molar-refractivity contribution in [1.29, 1.82) is 0 Å². The highest BCUT2D eigenvalue weighted by atomic mass is 16.2. The van der Waals surface area contributed by atoms with Crippen molar-refractivity contribution in [3.8, 4) is 5.69 Å². The Morgan fingerprint density at radius 2 is 1.65 bits per heavy atom. The van der Waals surface area contributed by atoms with E-state index in [0.717, 1.165) is 30.8 Å². The fourth-order valence-corrected chi connectivity index (χ4v) is 1.98. The summed E-state index contributed by atoms with van der Waals surface area (Å²) in [6.45, 7) is 1.80. The number of carbonyl (C=O) groups is 1. The minimum atomic E-state index is 0.148. The summed E-state index contributed by atoms with van der Waals surface area (Å²) in [5.41, 5.74) is 1.86. The monoisotopic (exact) mass is 226 g/mol. The summed E-state index contributed by atoms with van der Waals surface area (Å²) >= 11 is 0. The van der Waals surface area contributed by atoms with Gasteiger partial charge >= 0.3 is 0 Å². The predicted molar refractivity (Wildman–Crippen MR) is 66.3 cm³/mol. The maximum Gasteiger partial charge on any atom is 0.253 e. The lowest BCUT2D eigenvalue weighted by atomic mass is 10.1. The zero-order valence-electron chi connectivity index (χ0n) is 9.54. The fraction of sp³-hybridized carbons (Fsp3) is 0.214. The SMILES string of the molecule is O=C(c1ccc(-n2cccc2)cc1)N1CCC1. The van der Waals surface area contributed by atoms with Gasteiger partial charge in [0, 0.05) is 36.7 Å². The Balaban J connectivity index is 1.82. The summed E-state index contributed by atoms with van der Waals surface area (Å²) in [6.07, 6.45) is 5.12.